The molecule has 8 nitrogen and oxygen atoms in total. The van der Waals surface area contributed by atoms with Crippen LogP contribution >= 0.6 is 0 Å². The number of aliphatic hydroxyl groups is 1. The van der Waals surface area contributed by atoms with Crippen LogP contribution in [0.4, 0.5) is 5.69 Å². The van der Waals surface area contributed by atoms with Gasteiger partial charge >= 0.3 is 0 Å². The predicted molar refractivity (Wildman–Crippen MR) is 131 cm³/mol. The van der Waals surface area contributed by atoms with Gasteiger partial charge in [-0.25, -0.2) is 0 Å². The Balaban J connectivity index is 1.38. The average molecular weight is 465 g/mol. The minimum absolute atomic E-state index is 0.0561. The summed E-state index contributed by atoms with van der Waals surface area (Å²) >= 11 is 0. The highest BCUT2D eigenvalue weighted by molar-refractivity contribution is 6.35. The number of benzene rings is 1. The second-order valence-electron chi connectivity index (χ2n) is 9.45. The van der Waals surface area contributed by atoms with Crippen molar-refractivity contribution in [3.05, 3.63) is 51.8 Å². The molecule has 3 aliphatic heterocycles. The minimum atomic E-state index is -0.605. The van der Waals surface area contributed by atoms with Gasteiger partial charge < -0.3 is 25.0 Å². The van der Waals surface area contributed by atoms with Gasteiger partial charge in [0, 0.05) is 55.4 Å². The zero-order valence-corrected chi connectivity index (χ0v) is 19.8. The summed E-state index contributed by atoms with van der Waals surface area (Å²) in [6.07, 6.45) is 2.83. The topological polar surface area (TPSA) is 97.9 Å². The van der Waals surface area contributed by atoms with Gasteiger partial charge in [0.05, 0.1) is 30.5 Å². The number of aromatic nitrogens is 1. The molecule has 0 saturated carbocycles. The number of β-amino-alcohol motifs (C(OH)–C–C–N with tert-alkyl or cyclic N) is 1. The number of aromatic amines is 1. The number of anilines is 1. The van der Waals surface area contributed by atoms with Crippen molar-refractivity contribution < 1.29 is 19.4 Å². The quantitative estimate of drug-likeness (QED) is 0.590. The van der Waals surface area contributed by atoms with Gasteiger partial charge in [-0.05, 0) is 50.0 Å². The van der Waals surface area contributed by atoms with Gasteiger partial charge in [0.1, 0.15) is 0 Å². The summed E-state index contributed by atoms with van der Waals surface area (Å²) in [7, 11) is 0. The number of H-pyrrole nitrogens is 1. The summed E-state index contributed by atoms with van der Waals surface area (Å²) in [4.78, 5) is 33.6. The normalized spacial score (nSPS) is 20.8. The van der Waals surface area contributed by atoms with E-state index < -0.39 is 6.10 Å². The van der Waals surface area contributed by atoms with E-state index in [1.807, 2.05) is 38.1 Å². The maximum atomic E-state index is 13.5. The molecule has 0 unspecified atom stereocenters. The largest absolute Gasteiger partial charge is 0.390 e. The lowest BCUT2D eigenvalue weighted by Crippen LogP contribution is -2.46. The third-order valence-electron chi connectivity index (χ3n) is 7.05. The SMILES string of the molecule is Cc1cccc2c1/C(=C/c1[nH]c3c(c1C)C(=O)N(C[C@H](O)CN1CCOCC1)CCC3)C(=O)N2. The molecule has 4 heterocycles. The van der Waals surface area contributed by atoms with Gasteiger partial charge in [-0.2, -0.15) is 0 Å². The van der Waals surface area contributed by atoms with Crippen LogP contribution < -0.4 is 5.32 Å². The van der Waals surface area contributed by atoms with Crippen molar-refractivity contribution in [2.24, 2.45) is 0 Å². The zero-order chi connectivity index (χ0) is 23.8. The number of carbonyl (C=O) groups is 2. The molecule has 0 aliphatic carbocycles. The Labute approximate surface area is 199 Å². The van der Waals surface area contributed by atoms with Gasteiger partial charge in [-0.1, -0.05) is 12.1 Å². The lowest BCUT2D eigenvalue weighted by Gasteiger charge is -2.31. The number of fused-ring (bicyclic) bond motifs is 2. The summed E-state index contributed by atoms with van der Waals surface area (Å²) in [5.74, 6) is -0.188. The Morgan fingerprint density at radius 1 is 1.12 bits per heavy atom. The number of hydrogen-bond acceptors (Lipinski definition) is 5. The molecule has 34 heavy (non-hydrogen) atoms. The first kappa shape index (κ1) is 22.8. The molecule has 1 aromatic heterocycles. The van der Waals surface area contributed by atoms with E-state index in [-0.39, 0.29) is 11.8 Å². The van der Waals surface area contributed by atoms with Crippen LogP contribution in [0.1, 0.15) is 44.9 Å². The maximum Gasteiger partial charge on any atom is 0.256 e. The fraction of sp³-hybridized carbons (Fsp3) is 0.462. The van der Waals surface area contributed by atoms with Gasteiger partial charge in [-0.15, -0.1) is 0 Å². The molecule has 0 bridgehead atoms. The zero-order valence-electron chi connectivity index (χ0n) is 19.8. The van der Waals surface area contributed by atoms with Crippen LogP contribution in [0, 0.1) is 13.8 Å². The molecular weight excluding hydrogens is 432 g/mol. The van der Waals surface area contributed by atoms with Crippen molar-refractivity contribution in [2.45, 2.75) is 32.8 Å². The van der Waals surface area contributed by atoms with E-state index >= 15 is 0 Å². The molecule has 1 atom stereocenters. The Hall–Kier alpha value is -2.94. The van der Waals surface area contributed by atoms with Crippen molar-refractivity contribution in [1.82, 2.24) is 14.8 Å². The number of aryl methyl sites for hydroxylation is 2. The molecule has 2 amide bonds. The highest BCUT2D eigenvalue weighted by atomic mass is 16.5. The molecule has 0 radical (unpaired) electrons. The smallest absolute Gasteiger partial charge is 0.256 e. The van der Waals surface area contributed by atoms with Crippen LogP contribution in [-0.2, 0) is 16.0 Å². The van der Waals surface area contributed by atoms with E-state index in [1.54, 1.807) is 4.90 Å². The van der Waals surface area contributed by atoms with E-state index in [2.05, 4.69) is 15.2 Å². The second kappa shape index (κ2) is 9.37. The minimum Gasteiger partial charge on any atom is -0.390 e. The first-order chi connectivity index (χ1) is 16.4. The fourth-order valence-corrected chi connectivity index (χ4v) is 5.29. The highest BCUT2D eigenvalue weighted by Crippen LogP contribution is 2.36. The van der Waals surface area contributed by atoms with Crippen LogP contribution in [0.15, 0.2) is 18.2 Å². The standard InChI is InChI=1S/C26H32N4O4/c1-16-5-3-6-20-23(16)19(25(32)28-20)13-22-17(2)24-21(27-22)7-4-8-30(26(24)33)15-18(31)14-29-9-11-34-12-10-29/h3,5-6,13,18,27,31H,4,7-12,14-15H2,1-2H3,(H,28,32)/b19-13-/t18-/m1/s1. The van der Waals surface area contributed by atoms with Crippen molar-refractivity contribution in [3.8, 4) is 0 Å². The van der Waals surface area contributed by atoms with E-state index in [1.165, 1.54) is 0 Å². The molecule has 5 rings (SSSR count). The van der Waals surface area contributed by atoms with E-state index in [0.717, 1.165) is 59.7 Å². The van der Waals surface area contributed by atoms with Gasteiger partial charge in [0.25, 0.3) is 11.8 Å². The molecule has 1 aromatic carbocycles. The second-order valence-corrected chi connectivity index (χ2v) is 9.45. The molecule has 180 valence electrons. The highest BCUT2D eigenvalue weighted by Gasteiger charge is 2.31. The van der Waals surface area contributed by atoms with Crippen LogP contribution in [0.5, 0.6) is 0 Å². The summed E-state index contributed by atoms with van der Waals surface area (Å²) in [6, 6.07) is 5.83. The lowest BCUT2D eigenvalue weighted by atomic mass is 9.99. The van der Waals surface area contributed by atoms with Crippen LogP contribution in [-0.4, -0.2) is 83.7 Å². The first-order valence-corrected chi connectivity index (χ1v) is 12.0. The average Bonchev–Trinajstić information content (AvgIpc) is 3.24. The van der Waals surface area contributed by atoms with Crippen molar-refractivity contribution in [1.29, 1.82) is 0 Å². The van der Waals surface area contributed by atoms with Crippen molar-refractivity contribution in [2.75, 3.05) is 51.3 Å². The van der Waals surface area contributed by atoms with E-state index in [9.17, 15) is 14.7 Å². The van der Waals surface area contributed by atoms with Crippen LogP contribution in [0.3, 0.4) is 0 Å². The molecule has 3 N–H and O–H groups in total. The molecule has 2 aromatic rings. The monoisotopic (exact) mass is 464 g/mol. The lowest BCUT2D eigenvalue weighted by molar-refractivity contribution is -0.110. The molecule has 3 aliphatic rings. The number of rotatable bonds is 5. The predicted octanol–water partition coefficient (Wildman–Crippen LogP) is 2.21. The molecule has 8 heteroatoms. The van der Waals surface area contributed by atoms with Crippen LogP contribution in [0.25, 0.3) is 11.6 Å². The third-order valence-corrected chi connectivity index (χ3v) is 7.05. The van der Waals surface area contributed by atoms with E-state index in [0.29, 0.717) is 44.0 Å². The van der Waals surface area contributed by atoms with Crippen molar-refractivity contribution in [3.63, 3.8) is 0 Å². The fourth-order valence-electron chi connectivity index (χ4n) is 5.29. The summed E-state index contributed by atoms with van der Waals surface area (Å²) in [5, 5.41) is 13.6. The van der Waals surface area contributed by atoms with Gasteiger partial charge in [0.2, 0.25) is 0 Å². The Morgan fingerprint density at radius 2 is 1.91 bits per heavy atom. The number of aliphatic hydroxyl groups excluding tert-OH is 1. The number of nitrogens with zero attached hydrogens (tertiary/aromatic N) is 2. The van der Waals surface area contributed by atoms with Crippen molar-refractivity contribution >= 4 is 29.2 Å². The number of carbonyl (C=O) groups excluding carboxylic acids is 2. The molecule has 1 fully saturated rings. The van der Waals surface area contributed by atoms with E-state index in [4.69, 9.17) is 4.74 Å². The number of hydrogen-bond donors (Lipinski definition) is 3. The molecule has 0 spiro atoms. The Morgan fingerprint density at radius 3 is 2.71 bits per heavy atom. The Kier molecular flexibility index (Phi) is 6.29. The summed E-state index contributed by atoms with van der Waals surface area (Å²) in [5.41, 5.74) is 6.58. The number of nitrogens with one attached hydrogen (secondary N) is 2. The number of morpholine rings is 1. The van der Waals surface area contributed by atoms with Gasteiger partial charge in [0.15, 0.2) is 0 Å². The van der Waals surface area contributed by atoms with Crippen LogP contribution in [0.2, 0.25) is 0 Å². The third kappa shape index (κ3) is 4.29. The summed E-state index contributed by atoms with van der Waals surface area (Å²) < 4.78 is 5.38. The Bertz CT molecular complexity index is 1150. The summed E-state index contributed by atoms with van der Waals surface area (Å²) in [6.45, 7) is 8.37. The number of amides is 2. The molecular formula is C26H32N4O4. The molecule has 1 saturated heterocycles. The number of ether oxygens (including phenoxy) is 1. The maximum absolute atomic E-state index is 13.5. The van der Waals surface area contributed by atoms with Gasteiger partial charge in [-0.3, -0.25) is 14.5 Å². The first-order valence-electron chi connectivity index (χ1n) is 12.0.